The number of nitrogens with zero attached hydrogens (tertiary/aromatic N) is 2. The third-order valence-corrected chi connectivity index (χ3v) is 4.28. The van der Waals surface area contributed by atoms with Crippen LogP contribution in [0.1, 0.15) is 5.56 Å². The van der Waals surface area contributed by atoms with Gasteiger partial charge in [0.25, 0.3) is 10.0 Å². The molecule has 0 saturated carbocycles. The first-order valence-electron chi connectivity index (χ1n) is 6.23. The second-order valence-corrected chi connectivity index (χ2v) is 6.07. The summed E-state index contributed by atoms with van der Waals surface area (Å²) in [5, 5.41) is 19.8. The lowest BCUT2D eigenvalue weighted by Crippen LogP contribution is -2.13. The maximum atomic E-state index is 12.3. The summed E-state index contributed by atoms with van der Waals surface area (Å²) in [5.74, 6) is -0.0413. The van der Waals surface area contributed by atoms with E-state index in [9.17, 15) is 18.5 Å². The van der Waals surface area contributed by atoms with E-state index in [1.54, 1.807) is 0 Å². The van der Waals surface area contributed by atoms with Crippen LogP contribution in [0.15, 0.2) is 47.4 Å². The Morgan fingerprint density at radius 2 is 2.00 bits per heavy atom. The molecule has 2 aromatic carbocycles. The third-order valence-electron chi connectivity index (χ3n) is 2.90. The van der Waals surface area contributed by atoms with Crippen LogP contribution in [0.25, 0.3) is 0 Å². The maximum absolute atomic E-state index is 12.3. The molecule has 0 radical (unpaired) electrons. The molecule has 8 nitrogen and oxygen atoms in total. The first-order chi connectivity index (χ1) is 10.9. The van der Waals surface area contributed by atoms with Crippen molar-refractivity contribution >= 4 is 21.4 Å². The van der Waals surface area contributed by atoms with E-state index >= 15 is 0 Å². The van der Waals surface area contributed by atoms with E-state index < -0.39 is 20.6 Å². The molecule has 23 heavy (non-hydrogen) atoms. The maximum Gasteiger partial charge on any atom is 0.312 e. The molecule has 0 aromatic heterocycles. The number of rotatable bonds is 5. The van der Waals surface area contributed by atoms with Crippen LogP contribution in [-0.4, -0.2) is 20.5 Å². The SMILES string of the molecule is COc1ccc(S(=O)(=O)Nc2cccc(C#N)c2)cc1[N+](=O)[O-]. The van der Waals surface area contributed by atoms with Gasteiger partial charge in [-0.2, -0.15) is 5.26 Å². The highest BCUT2D eigenvalue weighted by molar-refractivity contribution is 7.92. The Morgan fingerprint density at radius 3 is 2.61 bits per heavy atom. The Balaban J connectivity index is 2.42. The smallest absolute Gasteiger partial charge is 0.312 e. The van der Waals surface area contributed by atoms with E-state index in [0.717, 1.165) is 6.07 Å². The molecule has 0 heterocycles. The van der Waals surface area contributed by atoms with E-state index in [1.165, 1.54) is 43.5 Å². The monoisotopic (exact) mass is 333 g/mol. The molecule has 9 heteroatoms. The van der Waals surface area contributed by atoms with Gasteiger partial charge >= 0.3 is 5.69 Å². The predicted molar refractivity (Wildman–Crippen MR) is 81.6 cm³/mol. The zero-order chi connectivity index (χ0) is 17.0. The van der Waals surface area contributed by atoms with Crippen molar-refractivity contribution in [2.24, 2.45) is 0 Å². The van der Waals surface area contributed by atoms with Crippen molar-refractivity contribution < 1.29 is 18.1 Å². The van der Waals surface area contributed by atoms with Crippen LogP contribution in [0.5, 0.6) is 5.75 Å². The molecule has 0 unspecified atom stereocenters. The lowest BCUT2D eigenvalue weighted by molar-refractivity contribution is -0.386. The summed E-state index contributed by atoms with van der Waals surface area (Å²) < 4.78 is 31.7. The van der Waals surface area contributed by atoms with Gasteiger partial charge in [-0.1, -0.05) is 6.07 Å². The number of ether oxygens (including phenoxy) is 1. The Morgan fingerprint density at radius 1 is 1.26 bits per heavy atom. The van der Waals surface area contributed by atoms with Gasteiger partial charge in [0.05, 0.1) is 34.2 Å². The van der Waals surface area contributed by atoms with Gasteiger partial charge in [-0.05, 0) is 30.3 Å². The van der Waals surface area contributed by atoms with Crippen molar-refractivity contribution in [2.75, 3.05) is 11.8 Å². The molecule has 118 valence electrons. The summed E-state index contributed by atoms with van der Waals surface area (Å²) in [5.41, 5.74) is 0.00887. The summed E-state index contributed by atoms with van der Waals surface area (Å²) in [7, 11) is -2.79. The fourth-order valence-electron chi connectivity index (χ4n) is 1.85. The summed E-state index contributed by atoms with van der Waals surface area (Å²) in [6.07, 6.45) is 0. The number of methoxy groups -OCH3 is 1. The third kappa shape index (κ3) is 3.56. The van der Waals surface area contributed by atoms with Gasteiger partial charge in [0.1, 0.15) is 0 Å². The molecule has 0 bridgehead atoms. The average Bonchev–Trinajstić information content (AvgIpc) is 2.53. The minimum Gasteiger partial charge on any atom is -0.490 e. The van der Waals surface area contributed by atoms with E-state index in [-0.39, 0.29) is 21.9 Å². The van der Waals surface area contributed by atoms with E-state index in [4.69, 9.17) is 10.00 Å². The van der Waals surface area contributed by atoms with Crippen LogP contribution in [0.3, 0.4) is 0 Å². The summed E-state index contributed by atoms with van der Waals surface area (Å²) in [6, 6.07) is 11.1. The lowest BCUT2D eigenvalue weighted by Gasteiger charge is -2.09. The van der Waals surface area contributed by atoms with E-state index in [2.05, 4.69) is 4.72 Å². The molecular weight excluding hydrogens is 322 g/mol. The van der Waals surface area contributed by atoms with E-state index in [0.29, 0.717) is 0 Å². The number of nitro groups is 1. The highest BCUT2D eigenvalue weighted by atomic mass is 32.2. The Bertz CT molecular complexity index is 903. The number of nitro benzene ring substituents is 1. The van der Waals surface area contributed by atoms with Crippen molar-refractivity contribution in [1.29, 1.82) is 5.26 Å². The largest absolute Gasteiger partial charge is 0.490 e. The molecule has 0 atom stereocenters. The standard InChI is InChI=1S/C14H11N3O5S/c1-22-14-6-5-12(8-13(14)17(18)19)23(20,21)16-11-4-2-3-10(7-11)9-15/h2-8,16H,1H3. The second-order valence-electron chi connectivity index (χ2n) is 4.39. The highest BCUT2D eigenvalue weighted by Gasteiger charge is 2.22. The number of nitrogens with one attached hydrogen (secondary N) is 1. The van der Waals surface area contributed by atoms with Crippen LogP contribution in [0, 0.1) is 21.4 Å². The van der Waals surface area contributed by atoms with Gasteiger partial charge in [0.2, 0.25) is 0 Å². The van der Waals surface area contributed by atoms with Crippen molar-refractivity contribution in [3.05, 3.63) is 58.1 Å². The van der Waals surface area contributed by atoms with Crippen molar-refractivity contribution in [3.63, 3.8) is 0 Å². The fraction of sp³-hybridized carbons (Fsp3) is 0.0714. The molecule has 0 aliphatic heterocycles. The van der Waals surface area contributed by atoms with Gasteiger partial charge < -0.3 is 4.74 Å². The fourth-order valence-corrected chi connectivity index (χ4v) is 2.92. The van der Waals surface area contributed by atoms with Gasteiger partial charge in [0, 0.05) is 6.07 Å². The van der Waals surface area contributed by atoms with Crippen LogP contribution in [-0.2, 0) is 10.0 Å². The molecule has 0 fully saturated rings. The summed E-state index contributed by atoms with van der Waals surface area (Å²) in [4.78, 5) is 9.96. The number of hydrogen-bond acceptors (Lipinski definition) is 6. The number of hydrogen-bond donors (Lipinski definition) is 1. The molecule has 0 spiro atoms. The summed E-state index contributed by atoms with van der Waals surface area (Å²) in [6.45, 7) is 0. The second kappa shape index (κ2) is 6.33. The van der Waals surface area contributed by atoms with Crippen molar-refractivity contribution in [1.82, 2.24) is 0 Å². The Labute approximate surface area is 132 Å². The van der Waals surface area contributed by atoms with Crippen LogP contribution < -0.4 is 9.46 Å². The molecule has 0 saturated heterocycles. The topological polar surface area (TPSA) is 122 Å². The number of nitriles is 1. The minimum atomic E-state index is -4.04. The number of sulfonamides is 1. The quantitative estimate of drug-likeness (QED) is 0.661. The van der Waals surface area contributed by atoms with Gasteiger partial charge in [-0.15, -0.1) is 0 Å². The number of benzene rings is 2. The molecule has 0 aliphatic rings. The Hall–Kier alpha value is -3.12. The van der Waals surface area contributed by atoms with Crippen LogP contribution >= 0.6 is 0 Å². The predicted octanol–water partition coefficient (Wildman–Crippen LogP) is 2.28. The van der Waals surface area contributed by atoms with Crippen LogP contribution in [0.2, 0.25) is 0 Å². The zero-order valence-electron chi connectivity index (χ0n) is 11.9. The lowest BCUT2D eigenvalue weighted by atomic mass is 10.2. The first-order valence-corrected chi connectivity index (χ1v) is 7.71. The average molecular weight is 333 g/mol. The van der Waals surface area contributed by atoms with Gasteiger partial charge in [-0.25, -0.2) is 8.42 Å². The van der Waals surface area contributed by atoms with Crippen molar-refractivity contribution in [3.8, 4) is 11.8 Å². The van der Waals surface area contributed by atoms with Crippen molar-refractivity contribution in [2.45, 2.75) is 4.90 Å². The van der Waals surface area contributed by atoms with E-state index in [1.807, 2.05) is 6.07 Å². The highest BCUT2D eigenvalue weighted by Crippen LogP contribution is 2.30. The van der Waals surface area contributed by atoms with Gasteiger partial charge in [0.15, 0.2) is 5.75 Å². The summed E-state index contributed by atoms with van der Waals surface area (Å²) >= 11 is 0. The molecular formula is C14H11N3O5S. The minimum absolute atomic E-state index is 0.0413. The zero-order valence-corrected chi connectivity index (χ0v) is 12.7. The molecule has 0 aliphatic carbocycles. The number of anilines is 1. The van der Waals surface area contributed by atoms with Crippen LogP contribution in [0.4, 0.5) is 11.4 Å². The first kappa shape index (κ1) is 16.3. The molecule has 2 aromatic rings. The Kier molecular flexibility index (Phi) is 4.47. The molecule has 2 rings (SSSR count). The normalized spacial score (nSPS) is 10.6. The molecule has 1 N–H and O–H groups in total. The van der Waals surface area contributed by atoms with Gasteiger partial charge in [-0.3, -0.25) is 14.8 Å². The molecule has 0 amide bonds.